The van der Waals surface area contributed by atoms with E-state index in [1.165, 1.54) is 35.2 Å². The number of nitrogens with one attached hydrogen (secondary N) is 1. The number of nitrogen functional groups attached to an aromatic ring is 1. The van der Waals surface area contributed by atoms with Crippen molar-refractivity contribution in [1.29, 1.82) is 5.41 Å². The van der Waals surface area contributed by atoms with Crippen LogP contribution in [0.4, 0.5) is 13.2 Å². The number of amidine groups is 1. The lowest BCUT2D eigenvalue weighted by Crippen LogP contribution is -2.18. The largest absolute Gasteiger partial charge is 0.417 e. The van der Waals surface area contributed by atoms with E-state index in [4.69, 9.17) is 11.1 Å². The molecule has 0 saturated heterocycles. The van der Waals surface area contributed by atoms with E-state index >= 15 is 0 Å². The van der Waals surface area contributed by atoms with E-state index in [1.54, 1.807) is 11.6 Å². The van der Waals surface area contributed by atoms with Crippen LogP contribution in [-0.2, 0) is 6.18 Å². The van der Waals surface area contributed by atoms with Gasteiger partial charge in [0.25, 0.3) is 0 Å². The molecule has 1 heterocycles. The van der Waals surface area contributed by atoms with Crippen LogP contribution in [-0.4, -0.2) is 10.8 Å². The summed E-state index contributed by atoms with van der Waals surface area (Å²) >= 11 is 2.62. The second-order valence-corrected chi connectivity index (χ2v) is 5.73. The number of nitrogens with zero attached hydrogens (tertiary/aromatic N) is 1. The minimum Gasteiger partial charge on any atom is -0.384 e. The van der Waals surface area contributed by atoms with Gasteiger partial charge in [-0.05, 0) is 18.2 Å². The summed E-state index contributed by atoms with van der Waals surface area (Å²) in [4.78, 5) is 4.59. The zero-order chi connectivity index (χ0) is 14.0. The average molecular weight is 303 g/mol. The topological polar surface area (TPSA) is 62.8 Å². The smallest absolute Gasteiger partial charge is 0.384 e. The van der Waals surface area contributed by atoms with Gasteiger partial charge in [-0.1, -0.05) is 11.8 Å². The van der Waals surface area contributed by atoms with E-state index in [1.807, 2.05) is 0 Å². The van der Waals surface area contributed by atoms with Crippen molar-refractivity contribution in [1.82, 2.24) is 4.98 Å². The normalized spacial score (nSPS) is 11.5. The van der Waals surface area contributed by atoms with Crippen LogP contribution in [0.5, 0.6) is 0 Å². The SMILES string of the molecule is N=C(N)c1cc(Sc2nccs2)ccc1C(F)(F)F. The lowest BCUT2D eigenvalue weighted by molar-refractivity contribution is -0.137. The number of benzene rings is 1. The van der Waals surface area contributed by atoms with Crippen molar-refractivity contribution < 1.29 is 13.2 Å². The van der Waals surface area contributed by atoms with Crippen molar-refractivity contribution in [2.24, 2.45) is 5.73 Å². The molecule has 19 heavy (non-hydrogen) atoms. The summed E-state index contributed by atoms with van der Waals surface area (Å²) in [5.74, 6) is -0.603. The fourth-order valence-electron chi connectivity index (χ4n) is 1.42. The molecule has 3 N–H and O–H groups in total. The van der Waals surface area contributed by atoms with Crippen molar-refractivity contribution in [2.45, 2.75) is 15.4 Å². The highest BCUT2D eigenvalue weighted by molar-refractivity contribution is 8.01. The van der Waals surface area contributed by atoms with Crippen LogP contribution in [0, 0.1) is 5.41 Å². The molecule has 0 amide bonds. The predicted molar refractivity (Wildman–Crippen MR) is 68.7 cm³/mol. The number of alkyl halides is 3. The van der Waals surface area contributed by atoms with Gasteiger partial charge in [-0.3, -0.25) is 5.41 Å². The first kappa shape index (κ1) is 13.9. The second kappa shape index (κ2) is 5.22. The standard InChI is InChI=1S/C11H8F3N3S2/c12-11(13,14)8-2-1-6(5-7(8)9(15)16)19-10-17-3-4-18-10/h1-5H,(H3,15,16). The number of rotatable bonds is 3. The zero-order valence-corrected chi connectivity index (χ0v) is 11.0. The fraction of sp³-hybridized carbons (Fsp3) is 0.0909. The number of nitrogens with two attached hydrogens (primary N) is 1. The Hall–Kier alpha value is -1.54. The summed E-state index contributed by atoms with van der Waals surface area (Å²) in [7, 11) is 0. The molecule has 3 nitrogen and oxygen atoms in total. The summed E-state index contributed by atoms with van der Waals surface area (Å²) in [6.07, 6.45) is -2.91. The van der Waals surface area contributed by atoms with Gasteiger partial charge in [-0.25, -0.2) is 4.98 Å². The predicted octanol–water partition coefficient (Wildman–Crippen LogP) is 3.60. The lowest BCUT2D eigenvalue weighted by Gasteiger charge is -2.12. The Bertz CT molecular complexity index is 594. The first-order valence-electron chi connectivity index (χ1n) is 5.01. The number of halogens is 3. The van der Waals surface area contributed by atoms with Crippen LogP contribution in [0.2, 0.25) is 0 Å². The quantitative estimate of drug-likeness (QED) is 0.672. The zero-order valence-electron chi connectivity index (χ0n) is 9.36. The molecule has 0 aliphatic rings. The Labute approximate surface area is 115 Å². The van der Waals surface area contributed by atoms with E-state index in [9.17, 15) is 13.2 Å². The number of hydrogen-bond donors (Lipinski definition) is 2. The molecule has 0 spiro atoms. The molecule has 0 fully saturated rings. The highest BCUT2D eigenvalue weighted by Gasteiger charge is 2.34. The van der Waals surface area contributed by atoms with Gasteiger partial charge in [-0.15, -0.1) is 11.3 Å². The summed E-state index contributed by atoms with van der Waals surface area (Å²) < 4.78 is 39.0. The third-order valence-electron chi connectivity index (χ3n) is 2.20. The molecule has 1 aromatic heterocycles. The van der Waals surface area contributed by atoms with Crippen molar-refractivity contribution in [3.63, 3.8) is 0 Å². The van der Waals surface area contributed by atoms with Gasteiger partial charge >= 0.3 is 6.18 Å². The average Bonchev–Trinajstić information content (AvgIpc) is 2.80. The summed E-state index contributed by atoms with van der Waals surface area (Å²) in [6, 6.07) is 3.55. The maximum atomic E-state index is 12.7. The van der Waals surface area contributed by atoms with Crippen LogP contribution < -0.4 is 5.73 Å². The Morgan fingerprint density at radius 1 is 1.37 bits per heavy atom. The van der Waals surface area contributed by atoms with E-state index in [0.29, 0.717) is 9.24 Å². The maximum absolute atomic E-state index is 12.7. The summed E-state index contributed by atoms with van der Waals surface area (Å²) in [5, 5.41) is 9.03. The van der Waals surface area contributed by atoms with Crippen LogP contribution in [0.3, 0.4) is 0 Å². The van der Waals surface area contributed by atoms with Gasteiger partial charge in [0.15, 0.2) is 4.34 Å². The number of hydrogen-bond acceptors (Lipinski definition) is 4. The van der Waals surface area contributed by atoms with Gasteiger partial charge in [0, 0.05) is 22.0 Å². The molecule has 0 aliphatic carbocycles. The molecule has 2 rings (SSSR count). The van der Waals surface area contributed by atoms with E-state index in [-0.39, 0.29) is 5.56 Å². The molecular weight excluding hydrogens is 295 g/mol. The minimum atomic E-state index is -4.52. The third-order valence-corrected chi connectivity index (χ3v) is 4.07. The van der Waals surface area contributed by atoms with Gasteiger partial charge in [0.05, 0.1) is 5.56 Å². The number of aromatic nitrogens is 1. The van der Waals surface area contributed by atoms with Gasteiger partial charge in [0.2, 0.25) is 0 Å². The van der Waals surface area contributed by atoms with E-state index in [2.05, 4.69) is 4.98 Å². The van der Waals surface area contributed by atoms with Crippen LogP contribution in [0.25, 0.3) is 0 Å². The molecule has 0 unspecified atom stereocenters. The molecule has 100 valence electrons. The van der Waals surface area contributed by atoms with Crippen LogP contribution in [0.15, 0.2) is 39.0 Å². The number of thiazole rings is 1. The van der Waals surface area contributed by atoms with Gasteiger partial charge < -0.3 is 5.73 Å². The fourth-order valence-corrected chi connectivity index (χ4v) is 3.05. The second-order valence-electron chi connectivity index (χ2n) is 3.52. The van der Waals surface area contributed by atoms with Crippen LogP contribution in [0.1, 0.15) is 11.1 Å². The highest BCUT2D eigenvalue weighted by Crippen LogP contribution is 2.36. The van der Waals surface area contributed by atoms with Crippen molar-refractivity contribution in [2.75, 3.05) is 0 Å². The molecule has 0 saturated carbocycles. The van der Waals surface area contributed by atoms with Gasteiger partial charge in [-0.2, -0.15) is 13.2 Å². The monoisotopic (exact) mass is 303 g/mol. The summed E-state index contributed by atoms with van der Waals surface area (Å²) in [5.41, 5.74) is 4.00. The van der Waals surface area contributed by atoms with E-state index < -0.39 is 17.6 Å². The Kier molecular flexibility index (Phi) is 3.81. The van der Waals surface area contributed by atoms with Crippen molar-refractivity contribution >= 4 is 28.9 Å². The molecule has 0 aliphatic heterocycles. The lowest BCUT2D eigenvalue weighted by atomic mass is 10.1. The Morgan fingerprint density at radius 2 is 2.11 bits per heavy atom. The summed E-state index contributed by atoms with van der Waals surface area (Å²) in [6.45, 7) is 0. The highest BCUT2D eigenvalue weighted by atomic mass is 32.2. The maximum Gasteiger partial charge on any atom is 0.417 e. The molecule has 0 bridgehead atoms. The third kappa shape index (κ3) is 3.27. The van der Waals surface area contributed by atoms with Crippen LogP contribution >= 0.6 is 23.1 Å². The van der Waals surface area contributed by atoms with Crippen molar-refractivity contribution in [3.05, 3.63) is 40.9 Å². The van der Waals surface area contributed by atoms with Gasteiger partial charge in [0.1, 0.15) is 5.84 Å². The van der Waals surface area contributed by atoms with Crippen molar-refractivity contribution in [3.8, 4) is 0 Å². The molecule has 8 heteroatoms. The first-order valence-corrected chi connectivity index (χ1v) is 6.70. The minimum absolute atomic E-state index is 0.311. The molecule has 2 aromatic rings. The molecular formula is C11H8F3N3S2. The Morgan fingerprint density at radius 3 is 2.63 bits per heavy atom. The van der Waals surface area contributed by atoms with E-state index in [0.717, 1.165) is 6.07 Å². The Balaban J connectivity index is 2.39. The molecule has 1 aromatic carbocycles. The molecule has 0 radical (unpaired) electrons. The first-order chi connectivity index (χ1) is 8.88. The molecule has 0 atom stereocenters.